The molecule has 40 heavy (non-hydrogen) atoms. The third kappa shape index (κ3) is 5.55. The zero-order valence-corrected chi connectivity index (χ0v) is 21.9. The Labute approximate surface area is 232 Å². The van der Waals surface area contributed by atoms with Crippen molar-refractivity contribution in [2.45, 2.75) is 25.4 Å². The lowest BCUT2D eigenvalue weighted by Gasteiger charge is -2.32. The third-order valence-corrected chi connectivity index (χ3v) is 7.25. The van der Waals surface area contributed by atoms with E-state index >= 15 is 0 Å². The summed E-state index contributed by atoms with van der Waals surface area (Å²) in [5.74, 6) is 0.889. The second-order valence-electron chi connectivity index (χ2n) is 9.94. The molecule has 1 aliphatic rings. The molecule has 1 N–H and O–H groups in total. The van der Waals surface area contributed by atoms with Crippen molar-refractivity contribution in [2.75, 3.05) is 18.4 Å². The molecule has 4 heterocycles. The van der Waals surface area contributed by atoms with E-state index < -0.39 is 0 Å². The zero-order valence-electron chi connectivity index (χ0n) is 21.9. The Morgan fingerprint density at radius 3 is 2.50 bits per heavy atom. The maximum absolute atomic E-state index is 11.3. The number of likely N-dealkylation sites (tertiary alicyclic amines) is 1. The van der Waals surface area contributed by atoms with Crippen LogP contribution in [0.2, 0.25) is 0 Å². The number of rotatable bonds is 7. The SMILES string of the molecule is N#Cc1nccc(NC2CCN(Cc3ccc(-c4nc5cc(C=O)ncc5cc4-c4ccccc4)cc3)CC2)n1. The molecule has 0 radical (unpaired) electrons. The molecule has 0 saturated carbocycles. The average molecular weight is 526 g/mol. The molecule has 0 aliphatic carbocycles. The summed E-state index contributed by atoms with van der Waals surface area (Å²) in [7, 11) is 0. The molecule has 8 nitrogen and oxygen atoms in total. The Bertz CT molecular complexity index is 1690. The molecule has 1 aliphatic heterocycles. The van der Waals surface area contributed by atoms with Gasteiger partial charge in [-0.25, -0.2) is 15.0 Å². The molecule has 0 bridgehead atoms. The van der Waals surface area contributed by atoms with Crippen LogP contribution in [0, 0.1) is 11.3 Å². The molecule has 0 unspecified atom stereocenters. The van der Waals surface area contributed by atoms with Gasteiger partial charge in [-0.15, -0.1) is 0 Å². The quantitative estimate of drug-likeness (QED) is 0.277. The van der Waals surface area contributed by atoms with Crippen molar-refractivity contribution in [3.05, 3.63) is 102 Å². The van der Waals surface area contributed by atoms with Crippen LogP contribution in [0.1, 0.15) is 34.7 Å². The highest BCUT2D eigenvalue weighted by atomic mass is 16.1. The molecular formula is C32H27N7O. The minimum atomic E-state index is 0.184. The Kier molecular flexibility index (Phi) is 7.20. The van der Waals surface area contributed by atoms with Crippen molar-refractivity contribution in [3.63, 3.8) is 0 Å². The number of aromatic nitrogens is 4. The van der Waals surface area contributed by atoms with Crippen LogP contribution >= 0.6 is 0 Å². The molecule has 3 aromatic heterocycles. The van der Waals surface area contributed by atoms with Crippen molar-refractivity contribution >= 4 is 23.0 Å². The fourth-order valence-electron chi connectivity index (χ4n) is 5.17. The van der Waals surface area contributed by atoms with Crippen molar-refractivity contribution in [1.82, 2.24) is 24.8 Å². The summed E-state index contributed by atoms with van der Waals surface area (Å²) in [5, 5.41) is 13.4. The van der Waals surface area contributed by atoms with Gasteiger partial charge in [-0.2, -0.15) is 5.26 Å². The summed E-state index contributed by atoms with van der Waals surface area (Å²) >= 11 is 0. The minimum absolute atomic E-state index is 0.184. The van der Waals surface area contributed by atoms with Crippen molar-refractivity contribution in [3.8, 4) is 28.5 Å². The van der Waals surface area contributed by atoms with E-state index in [0.29, 0.717) is 17.6 Å². The number of pyridine rings is 2. The van der Waals surface area contributed by atoms with E-state index in [4.69, 9.17) is 10.2 Å². The van der Waals surface area contributed by atoms with Crippen molar-refractivity contribution in [2.24, 2.45) is 0 Å². The van der Waals surface area contributed by atoms with Gasteiger partial charge in [0.2, 0.25) is 5.82 Å². The standard InChI is InChI=1S/C32H27N7O/c33-18-31-34-13-10-30(38-31)36-26-11-14-39(15-12-26)20-22-6-8-24(9-7-22)32-28(23-4-2-1-3-5-23)16-25-19-35-27(21-40)17-29(25)37-32/h1-10,13,16-17,19,21,26H,11-12,14-15,20H2,(H,34,36,38). The zero-order chi connectivity index (χ0) is 27.3. The molecular weight excluding hydrogens is 498 g/mol. The van der Waals surface area contributed by atoms with Gasteiger partial charge < -0.3 is 5.32 Å². The molecule has 2 aromatic carbocycles. The lowest BCUT2D eigenvalue weighted by molar-refractivity contribution is 0.111. The highest BCUT2D eigenvalue weighted by molar-refractivity contribution is 5.92. The monoisotopic (exact) mass is 525 g/mol. The van der Waals surface area contributed by atoms with E-state index in [2.05, 4.69) is 67.6 Å². The van der Waals surface area contributed by atoms with Crippen LogP contribution in [0.15, 0.2) is 85.2 Å². The number of aldehydes is 1. The number of nitriles is 1. The van der Waals surface area contributed by atoms with Crippen LogP contribution in [-0.4, -0.2) is 50.3 Å². The number of piperidine rings is 1. The first kappa shape index (κ1) is 25.3. The lowest BCUT2D eigenvalue weighted by Crippen LogP contribution is -2.38. The predicted molar refractivity (Wildman–Crippen MR) is 154 cm³/mol. The van der Waals surface area contributed by atoms with Crippen LogP contribution in [0.25, 0.3) is 33.3 Å². The van der Waals surface area contributed by atoms with E-state index in [9.17, 15) is 4.79 Å². The summed E-state index contributed by atoms with van der Waals surface area (Å²) in [6.07, 6.45) is 6.08. The second kappa shape index (κ2) is 11.4. The lowest BCUT2D eigenvalue weighted by atomic mass is 9.97. The normalized spacial score (nSPS) is 14.1. The number of carbonyl (C=O) groups excluding carboxylic acids is 1. The average Bonchev–Trinajstić information content (AvgIpc) is 3.02. The summed E-state index contributed by atoms with van der Waals surface area (Å²) in [4.78, 5) is 31.2. The molecule has 1 saturated heterocycles. The van der Waals surface area contributed by atoms with Gasteiger partial charge in [0, 0.05) is 54.6 Å². The summed E-state index contributed by atoms with van der Waals surface area (Å²) in [6, 6.07) is 26.8. The molecule has 0 spiro atoms. The number of hydrogen-bond acceptors (Lipinski definition) is 8. The molecule has 1 fully saturated rings. The number of nitrogens with one attached hydrogen (secondary N) is 1. The molecule has 0 atom stereocenters. The van der Waals surface area contributed by atoms with Crippen LogP contribution in [0.3, 0.4) is 0 Å². The van der Waals surface area contributed by atoms with E-state index in [1.807, 2.05) is 24.3 Å². The second-order valence-corrected chi connectivity index (χ2v) is 9.94. The smallest absolute Gasteiger partial charge is 0.234 e. The van der Waals surface area contributed by atoms with Gasteiger partial charge in [0.05, 0.1) is 11.2 Å². The van der Waals surface area contributed by atoms with Gasteiger partial charge in [-0.1, -0.05) is 54.6 Å². The maximum Gasteiger partial charge on any atom is 0.234 e. The number of fused-ring (bicyclic) bond motifs is 1. The highest BCUT2D eigenvalue weighted by Gasteiger charge is 2.20. The first-order chi connectivity index (χ1) is 19.7. The minimum Gasteiger partial charge on any atom is -0.367 e. The number of nitrogens with zero attached hydrogens (tertiary/aromatic N) is 6. The van der Waals surface area contributed by atoms with Gasteiger partial charge in [0.15, 0.2) is 6.29 Å². The highest BCUT2D eigenvalue weighted by Crippen LogP contribution is 2.33. The number of hydrogen-bond donors (Lipinski definition) is 1. The van der Waals surface area contributed by atoms with Crippen molar-refractivity contribution in [1.29, 1.82) is 5.26 Å². The Morgan fingerprint density at radius 1 is 0.950 bits per heavy atom. The Hall–Kier alpha value is -5.00. The molecule has 8 heteroatoms. The first-order valence-corrected chi connectivity index (χ1v) is 13.3. The van der Waals surface area contributed by atoms with Gasteiger partial charge in [-0.05, 0) is 42.2 Å². The van der Waals surface area contributed by atoms with E-state index in [1.54, 1.807) is 24.5 Å². The number of carbonyl (C=O) groups is 1. The van der Waals surface area contributed by atoms with Gasteiger partial charge in [0.25, 0.3) is 0 Å². The van der Waals surface area contributed by atoms with Gasteiger partial charge in [-0.3, -0.25) is 14.7 Å². The Balaban J connectivity index is 1.17. The van der Waals surface area contributed by atoms with Crippen LogP contribution in [0.5, 0.6) is 0 Å². The predicted octanol–water partition coefficient (Wildman–Crippen LogP) is 5.51. The van der Waals surface area contributed by atoms with Gasteiger partial charge in [0.1, 0.15) is 17.6 Å². The largest absolute Gasteiger partial charge is 0.367 e. The Morgan fingerprint density at radius 2 is 1.75 bits per heavy atom. The van der Waals surface area contributed by atoms with Crippen LogP contribution in [0.4, 0.5) is 5.82 Å². The first-order valence-electron chi connectivity index (χ1n) is 13.3. The number of anilines is 1. The molecule has 6 rings (SSSR count). The topological polar surface area (TPSA) is 108 Å². The van der Waals surface area contributed by atoms with Crippen LogP contribution < -0.4 is 5.32 Å². The van der Waals surface area contributed by atoms with E-state index in [-0.39, 0.29) is 5.82 Å². The van der Waals surface area contributed by atoms with E-state index in [1.165, 1.54) is 5.56 Å². The van der Waals surface area contributed by atoms with E-state index in [0.717, 1.165) is 72.0 Å². The summed E-state index contributed by atoms with van der Waals surface area (Å²) in [5.41, 5.74) is 6.39. The summed E-state index contributed by atoms with van der Waals surface area (Å²) < 4.78 is 0. The van der Waals surface area contributed by atoms with Gasteiger partial charge >= 0.3 is 0 Å². The molecule has 0 amide bonds. The molecule has 5 aromatic rings. The third-order valence-electron chi connectivity index (χ3n) is 7.25. The van der Waals surface area contributed by atoms with Crippen LogP contribution in [-0.2, 0) is 6.54 Å². The maximum atomic E-state index is 11.3. The molecule has 196 valence electrons. The fourth-order valence-corrected chi connectivity index (χ4v) is 5.17. The fraction of sp³-hybridized carbons (Fsp3) is 0.188. The number of benzene rings is 2. The van der Waals surface area contributed by atoms with Crippen molar-refractivity contribution < 1.29 is 4.79 Å². The summed E-state index contributed by atoms with van der Waals surface area (Å²) in [6.45, 7) is 2.84.